The predicted octanol–water partition coefficient (Wildman–Crippen LogP) is 2.62. The summed E-state index contributed by atoms with van der Waals surface area (Å²) >= 11 is 0. The lowest BCUT2D eigenvalue weighted by Crippen LogP contribution is -2.09. The van der Waals surface area contributed by atoms with Gasteiger partial charge in [-0.3, -0.25) is 5.10 Å². The Balaban J connectivity index is 2.31. The van der Waals surface area contributed by atoms with Gasteiger partial charge in [0.05, 0.1) is 11.9 Å². The Bertz CT molecular complexity index is 526. The van der Waals surface area contributed by atoms with Crippen LogP contribution in [0.25, 0.3) is 11.3 Å². The van der Waals surface area contributed by atoms with Crippen LogP contribution in [-0.4, -0.2) is 10.2 Å². The number of anilines is 1. The molecule has 1 aliphatic rings. The summed E-state index contributed by atoms with van der Waals surface area (Å²) < 4.78 is 0. The summed E-state index contributed by atoms with van der Waals surface area (Å²) in [6, 6.07) is 4.31. The summed E-state index contributed by atoms with van der Waals surface area (Å²) in [6.07, 6.45) is 1.89. The molecular formula is C12H13N3. The Morgan fingerprint density at radius 2 is 2.13 bits per heavy atom. The molecule has 0 radical (unpaired) electrons. The lowest BCUT2D eigenvalue weighted by Gasteiger charge is -2.21. The summed E-state index contributed by atoms with van der Waals surface area (Å²) in [6.45, 7) is 5.16. The summed E-state index contributed by atoms with van der Waals surface area (Å²) in [5.74, 6) is 0. The molecule has 0 aliphatic carbocycles. The monoisotopic (exact) mass is 199 g/mol. The molecule has 0 unspecified atom stereocenters. The predicted molar refractivity (Wildman–Crippen MR) is 60.8 cm³/mol. The van der Waals surface area contributed by atoms with E-state index in [9.17, 15) is 0 Å². The smallest absolute Gasteiger partial charge is 0.0720 e. The van der Waals surface area contributed by atoms with Crippen LogP contribution in [0.15, 0.2) is 18.3 Å². The average Bonchev–Trinajstić information content (AvgIpc) is 2.71. The summed E-state index contributed by atoms with van der Waals surface area (Å²) in [4.78, 5) is 0. The maximum atomic E-state index is 4.09. The van der Waals surface area contributed by atoms with Gasteiger partial charge in [0.2, 0.25) is 0 Å². The van der Waals surface area contributed by atoms with Gasteiger partial charge in [-0.05, 0) is 25.0 Å². The van der Waals surface area contributed by atoms with E-state index >= 15 is 0 Å². The molecule has 1 aliphatic heterocycles. The molecule has 1 aromatic heterocycles. The van der Waals surface area contributed by atoms with E-state index < -0.39 is 0 Å². The van der Waals surface area contributed by atoms with Crippen LogP contribution in [0.2, 0.25) is 0 Å². The number of hydrogen-bond donors (Lipinski definition) is 2. The maximum absolute atomic E-state index is 4.09. The first-order chi connectivity index (χ1) is 7.27. The number of hydrogen-bond acceptors (Lipinski definition) is 2. The van der Waals surface area contributed by atoms with Gasteiger partial charge >= 0.3 is 0 Å². The number of aromatic nitrogens is 2. The van der Waals surface area contributed by atoms with Gasteiger partial charge in [0.15, 0.2) is 0 Å². The van der Waals surface area contributed by atoms with E-state index in [4.69, 9.17) is 0 Å². The molecule has 0 saturated heterocycles. The van der Waals surface area contributed by atoms with Gasteiger partial charge in [0.1, 0.15) is 0 Å². The first-order valence-electron chi connectivity index (χ1n) is 5.14. The van der Waals surface area contributed by atoms with E-state index in [-0.39, 0.29) is 0 Å². The highest BCUT2D eigenvalue weighted by molar-refractivity contribution is 5.83. The van der Waals surface area contributed by atoms with Crippen LogP contribution >= 0.6 is 0 Å². The van der Waals surface area contributed by atoms with Crippen LogP contribution in [0.1, 0.15) is 16.7 Å². The van der Waals surface area contributed by atoms with Gasteiger partial charge in [-0.15, -0.1) is 0 Å². The molecule has 3 heteroatoms. The molecule has 0 bridgehead atoms. The van der Waals surface area contributed by atoms with Crippen molar-refractivity contribution in [3.05, 3.63) is 35.0 Å². The third kappa shape index (κ3) is 1.09. The topological polar surface area (TPSA) is 40.7 Å². The third-order valence-corrected chi connectivity index (χ3v) is 3.18. The van der Waals surface area contributed by atoms with Crippen molar-refractivity contribution in [2.45, 2.75) is 20.4 Å². The number of fused-ring (bicyclic) bond motifs is 3. The van der Waals surface area contributed by atoms with Gasteiger partial charge in [0.25, 0.3) is 0 Å². The molecule has 76 valence electrons. The molecule has 3 nitrogen and oxygen atoms in total. The van der Waals surface area contributed by atoms with Crippen molar-refractivity contribution in [2.75, 3.05) is 5.32 Å². The zero-order valence-corrected chi connectivity index (χ0v) is 8.89. The first-order valence-corrected chi connectivity index (χ1v) is 5.14. The number of rotatable bonds is 0. The van der Waals surface area contributed by atoms with E-state index in [0.717, 1.165) is 12.2 Å². The van der Waals surface area contributed by atoms with Crippen molar-refractivity contribution in [3.63, 3.8) is 0 Å². The number of aromatic amines is 1. The van der Waals surface area contributed by atoms with E-state index in [1.54, 1.807) is 0 Å². The lowest BCUT2D eigenvalue weighted by molar-refractivity contribution is 1.09. The second kappa shape index (κ2) is 2.86. The number of nitrogens with zero attached hydrogens (tertiary/aromatic N) is 1. The van der Waals surface area contributed by atoms with Crippen molar-refractivity contribution in [1.29, 1.82) is 0 Å². The largest absolute Gasteiger partial charge is 0.380 e. The van der Waals surface area contributed by atoms with Gasteiger partial charge in [-0.2, -0.15) is 5.10 Å². The SMILES string of the molecule is Cc1ccc2c(c1C)NCc1cn[nH]c1-2. The van der Waals surface area contributed by atoms with Crippen LogP contribution in [0, 0.1) is 13.8 Å². The Morgan fingerprint density at radius 3 is 3.00 bits per heavy atom. The normalized spacial score (nSPS) is 12.9. The fourth-order valence-corrected chi connectivity index (χ4v) is 2.11. The maximum Gasteiger partial charge on any atom is 0.0720 e. The quantitative estimate of drug-likeness (QED) is 0.684. The van der Waals surface area contributed by atoms with Gasteiger partial charge in [-0.25, -0.2) is 0 Å². The van der Waals surface area contributed by atoms with Crippen molar-refractivity contribution < 1.29 is 0 Å². The molecule has 0 spiro atoms. The van der Waals surface area contributed by atoms with Crippen molar-refractivity contribution in [1.82, 2.24) is 10.2 Å². The zero-order chi connectivity index (χ0) is 10.4. The Hall–Kier alpha value is -1.77. The molecule has 1 aromatic carbocycles. The van der Waals surface area contributed by atoms with Gasteiger partial charge < -0.3 is 5.32 Å². The highest BCUT2D eigenvalue weighted by Gasteiger charge is 2.18. The molecule has 0 saturated carbocycles. The molecular weight excluding hydrogens is 186 g/mol. The first kappa shape index (κ1) is 8.53. The number of H-pyrrole nitrogens is 1. The van der Waals surface area contributed by atoms with Crippen LogP contribution in [-0.2, 0) is 6.54 Å². The van der Waals surface area contributed by atoms with E-state index in [1.165, 1.54) is 27.9 Å². The molecule has 2 aromatic rings. The second-order valence-corrected chi connectivity index (χ2v) is 4.05. The molecule has 0 amide bonds. The van der Waals surface area contributed by atoms with Crippen molar-refractivity contribution >= 4 is 5.69 Å². The molecule has 2 heterocycles. The van der Waals surface area contributed by atoms with E-state index in [2.05, 4.69) is 41.5 Å². The second-order valence-electron chi connectivity index (χ2n) is 4.05. The molecule has 2 N–H and O–H groups in total. The number of aryl methyl sites for hydroxylation is 1. The van der Waals surface area contributed by atoms with Gasteiger partial charge in [0, 0.05) is 23.4 Å². The highest BCUT2D eigenvalue weighted by Crippen LogP contribution is 2.36. The fourth-order valence-electron chi connectivity index (χ4n) is 2.11. The van der Waals surface area contributed by atoms with Crippen molar-refractivity contribution in [3.8, 4) is 11.3 Å². The minimum absolute atomic E-state index is 0.864. The summed E-state index contributed by atoms with van der Waals surface area (Å²) in [5, 5.41) is 10.6. The van der Waals surface area contributed by atoms with Crippen LogP contribution in [0.3, 0.4) is 0 Å². The average molecular weight is 199 g/mol. The Kier molecular flexibility index (Phi) is 1.63. The Labute approximate surface area is 88.5 Å². The molecule has 15 heavy (non-hydrogen) atoms. The number of benzene rings is 1. The Morgan fingerprint density at radius 1 is 1.27 bits per heavy atom. The fraction of sp³-hybridized carbons (Fsp3) is 0.250. The van der Waals surface area contributed by atoms with E-state index in [0.29, 0.717) is 0 Å². The zero-order valence-electron chi connectivity index (χ0n) is 8.89. The standard InChI is InChI=1S/C12H13N3/c1-7-3-4-10-11(8(7)2)13-5-9-6-14-15-12(9)10/h3-4,6,13H,5H2,1-2H3,(H,14,15). The van der Waals surface area contributed by atoms with Crippen molar-refractivity contribution in [2.24, 2.45) is 0 Å². The molecule has 3 rings (SSSR count). The van der Waals surface area contributed by atoms with E-state index in [1.807, 2.05) is 6.20 Å². The summed E-state index contributed by atoms with van der Waals surface area (Å²) in [7, 11) is 0. The lowest BCUT2D eigenvalue weighted by atomic mass is 9.96. The number of nitrogens with one attached hydrogen (secondary N) is 2. The molecule has 0 atom stereocenters. The van der Waals surface area contributed by atoms with Crippen LogP contribution < -0.4 is 5.32 Å². The molecule has 0 fully saturated rings. The van der Waals surface area contributed by atoms with Gasteiger partial charge in [-0.1, -0.05) is 12.1 Å². The summed E-state index contributed by atoms with van der Waals surface area (Å²) in [5.41, 5.74) is 7.53. The minimum atomic E-state index is 0.864. The highest BCUT2D eigenvalue weighted by atomic mass is 15.1. The van der Waals surface area contributed by atoms with Crippen LogP contribution in [0.5, 0.6) is 0 Å². The third-order valence-electron chi connectivity index (χ3n) is 3.18. The minimum Gasteiger partial charge on any atom is -0.380 e. The van der Waals surface area contributed by atoms with Crippen LogP contribution in [0.4, 0.5) is 5.69 Å².